The number of thiophene rings is 1. The van der Waals surface area contributed by atoms with Crippen LogP contribution in [0.25, 0.3) is 10.2 Å². The summed E-state index contributed by atoms with van der Waals surface area (Å²) in [4.78, 5) is 16.1. The van der Waals surface area contributed by atoms with E-state index in [1.165, 1.54) is 24.2 Å². The largest absolute Gasteiger partial charge is 0.397 e. The van der Waals surface area contributed by atoms with Crippen molar-refractivity contribution < 1.29 is 4.79 Å². The Balaban J connectivity index is 1.69. The average Bonchev–Trinajstić information content (AvgIpc) is 3.16. The second-order valence-corrected chi connectivity index (χ2v) is 6.70. The van der Waals surface area contributed by atoms with E-state index in [1.807, 2.05) is 14.0 Å². The molecule has 0 aromatic carbocycles. The molecule has 1 aliphatic carbocycles. The molecule has 0 bridgehead atoms. The lowest BCUT2D eigenvalue weighted by atomic mass is 10.2. The van der Waals surface area contributed by atoms with Crippen LogP contribution in [0.5, 0.6) is 0 Å². The van der Waals surface area contributed by atoms with E-state index in [1.54, 1.807) is 4.68 Å². The van der Waals surface area contributed by atoms with Gasteiger partial charge >= 0.3 is 0 Å². The van der Waals surface area contributed by atoms with E-state index in [0.717, 1.165) is 22.5 Å². The topological polar surface area (TPSA) is 76.2 Å². The van der Waals surface area contributed by atoms with Crippen molar-refractivity contribution in [3.63, 3.8) is 0 Å². The number of amides is 1. The molecule has 2 aromatic heterocycles. The van der Waals surface area contributed by atoms with Gasteiger partial charge in [0.05, 0.1) is 16.8 Å². The van der Waals surface area contributed by atoms with Crippen LogP contribution in [-0.2, 0) is 7.05 Å². The van der Waals surface area contributed by atoms with Gasteiger partial charge in [0.25, 0.3) is 5.91 Å². The van der Waals surface area contributed by atoms with Gasteiger partial charge in [-0.15, -0.1) is 11.3 Å². The summed E-state index contributed by atoms with van der Waals surface area (Å²) in [5.41, 5.74) is 7.55. The number of likely N-dealkylation sites (N-methyl/N-ethyl adjacent to an activating group) is 1. The third-order valence-corrected chi connectivity index (χ3v) is 5.28. The Labute approximate surface area is 127 Å². The number of hydrogen-bond donors (Lipinski definition) is 2. The molecule has 114 valence electrons. The van der Waals surface area contributed by atoms with Crippen LogP contribution in [0, 0.1) is 6.92 Å². The molecule has 1 amide bonds. The Hall–Kier alpha value is -1.60. The summed E-state index contributed by atoms with van der Waals surface area (Å²) in [5.74, 6) is -0.0858. The normalized spacial score (nSPS) is 15.0. The monoisotopic (exact) mass is 307 g/mol. The Morgan fingerprint density at radius 3 is 2.90 bits per heavy atom. The van der Waals surface area contributed by atoms with E-state index >= 15 is 0 Å². The summed E-state index contributed by atoms with van der Waals surface area (Å²) in [7, 11) is 3.98. The predicted octanol–water partition coefficient (Wildman–Crippen LogP) is 1.35. The number of carbonyl (C=O) groups excluding carboxylic acids is 1. The van der Waals surface area contributed by atoms with E-state index in [4.69, 9.17) is 5.73 Å². The molecule has 0 spiro atoms. The summed E-state index contributed by atoms with van der Waals surface area (Å²) >= 11 is 1.41. The Morgan fingerprint density at radius 1 is 1.57 bits per heavy atom. The maximum absolute atomic E-state index is 12.3. The van der Waals surface area contributed by atoms with Crippen molar-refractivity contribution in [1.29, 1.82) is 0 Å². The van der Waals surface area contributed by atoms with Crippen molar-refractivity contribution in [2.75, 3.05) is 25.9 Å². The lowest BCUT2D eigenvalue weighted by molar-refractivity contribution is 0.0954. The fraction of sp³-hybridized carbons (Fsp3) is 0.571. The van der Waals surface area contributed by atoms with Crippen LogP contribution in [0.4, 0.5) is 5.69 Å². The van der Waals surface area contributed by atoms with Gasteiger partial charge in [-0.3, -0.25) is 9.48 Å². The van der Waals surface area contributed by atoms with Crippen molar-refractivity contribution in [3.8, 4) is 0 Å². The van der Waals surface area contributed by atoms with Crippen LogP contribution in [0.15, 0.2) is 0 Å². The number of carbonyl (C=O) groups is 1. The number of anilines is 1. The van der Waals surface area contributed by atoms with Gasteiger partial charge in [0, 0.05) is 26.2 Å². The zero-order valence-corrected chi connectivity index (χ0v) is 13.5. The minimum absolute atomic E-state index is 0.0858. The smallest absolute Gasteiger partial charge is 0.263 e. The van der Waals surface area contributed by atoms with Gasteiger partial charge in [-0.2, -0.15) is 5.10 Å². The zero-order valence-electron chi connectivity index (χ0n) is 12.6. The van der Waals surface area contributed by atoms with Gasteiger partial charge in [0.1, 0.15) is 9.71 Å². The molecule has 21 heavy (non-hydrogen) atoms. The Kier molecular flexibility index (Phi) is 3.62. The van der Waals surface area contributed by atoms with Crippen molar-refractivity contribution in [2.45, 2.75) is 25.8 Å². The first-order chi connectivity index (χ1) is 9.99. The number of rotatable bonds is 5. The summed E-state index contributed by atoms with van der Waals surface area (Å²) in [6.45, 7) is 3.44. The van der Waals surface area contributed by atoms with Crippen LogP contribution in [0.2, 0.25) is 0 Å². The van der Waals surface area contributed by atoms with E-state index < -0.39 is 0 Å². The van der Waals surface area contributed by atoms with E-state index in [-0.39, 0.29) is 5.91 Å². The number of fused-ring (bicyclic) bond motifs is 1. The van der Waals surface area contributed by atoms with Crippen LogP contribution < -0.4 is 11.1 Å². The number of nitrogens with zero attached hydrogens (tertiary/aromatic N) is 3. The molecule has 0 atom stereocenters. The zero-order chi connectivity index (χ0) is 15.1. The fourth-order valence-electron chi connectivity index (χ4n) is 2.62. The molecule has 3 N–H and O–H groups in total. The summed E-state index contributed by atoms with van der Waals surface area (Å²) < 4.78 is 1.78. The summed E-state index contributed by atoms with van der Waals surface area (Å²) in [5, 5.41) is 8.20. The predicted molar refractivity (Wildman–Crippen MR) is 85.7 cm³/mol. The van der Waals surface area contributed by atoms with Crippen molar-refractivity contribution in [3.05, 3.63) is 10.6 Å². The first-order valence-corrected chi connectivity index (χ1v) is 8.00. The van der Waals surface area contributed by atoms with Gasteiger partial charge in [0.2, 0.25) is 0 Å². The third-order valence-electron chi connectivity index (χ3n) is 4.01. The fourth-order valence-corrected chi connectivity index (χ4v) is 3.72. The van der Waals surface area contributed by atoms with Crippen LogP contribution in [-0.4, -0.2) is 46.8 Å². The van der Waals surface area contributed by atoms with Gasteiger partial charge in [-0.1, -0.05) is 0 Å². The molecule has 1 aliphatic rings. The molecule has 0 saturated heterocycles. The van der Waals surface area contributed by atoms with Crippen LogP contribution in [0.1, 0.15) is 28.2 Å². The van der Waals surface area contributed by atoms with Crippen molar-refractivity contribution in [2.24, 2.45) is 7.05 Å². The molecule has 0 unspecified atom stereocenters. The number of nitrogen functional groups attached to an aromatic ring is 1. The first-order valence-electron chi connectivity index (χ1n) is 7.19. The highest BCUT2D eigenvalue weighted by Gasteiger charge is 2.26. The molecule has 6 nitrogen and oxygen atoms in total. The van der Waals surface area contributed by atoms with Crippen LogP contribution >= 0.6 is 11.3 Å². The van der Waals surface area contributed by atoms with Crippen LogP contribution in [0.3, 0.4) is 0 Å². The molecular weight excluding hydrogens is 286 g/mol. The van der Waals surface area contributed by atoms with E-state index in [9.17, 15) is 4.79 Å². The summed E-state index contributed by atoms with van der Waals surface area (Å²) in [6, 6.07) is 0.713. The van der Waals surface area contributed by atoms with Gasteiger partial charge in [-0.05, 0) is 26.8 Å². The molecular formula is C14H21N5OS. The second-order valence-electron chi connectivity index (χ2n) is 5.70. The number of hydrogen-bond acceptors (Lipinski definition) is 5. The Bertz CT molecular complexity index is 685. The number of aryl methyl sites for hydroxylation is 2. The molecule has 2 heterocycles. The SMILES string of the molecule is Cc1nn(C)c2sc(C(=O)NCCN(C)C3CC3)c(N)c12. The molecule has 7 heteroatoms. The minimum Gasteiger partial charge on any atom is -0.397 e. The second kappa shape index (κ2) is 5.31. The quantitative estimate of drug-likeness (QED) is 0.874. The lowest BCUT2D eigenvalue weighted by Gasteiger charge is -2.15. The molecule has 2 aromatic rings. The van der Waals surface area contributed by atoms with E-state index in [0.29, 0.717) is 23.2 Å². The average molecular weight is 307 g/mol. The van der Waals surface area contributed by atoms with Gasteiger partial charge < -0.3 is 16.0 Å². The minimum atomic E-state index is -0.0858. The first kappa shape index (κ1) is 14.3. The highest BCUT2D eigenvalue weighted by Crippen LogP contribution is 2.35. The lowest BCUT2D eigenvalue weighted by Crippen LogP contribution is -2.33. The third kappa shape index (κ3) is 2.63. The van der Waals surface area contributed by atoms with E-state index in [2.05, 4.69) is 22.4 Å². The Morgan fingerprint density at radius 2 is 2.29 bits per heavy atom. The molecule has 1 saturated carbocycles. The maximum Gasteiger partial charge on any atom is 0.263 e. The summed E-state index contributed by atoms with van der Waals surface area (Å²) in [6.07, 6.45) is 2.56. The van der Waals surface area contributed by atoms with Gasteiger partial charge in [-0.25, -0.2) is 0 Å². The highest BCUT2D eigenvalue weighted by molar-refractivity contribution is 7.21. The van der Waals surface area contributed by atoms with Gasteiger partial charge in [0.15, 0.2) is 0 Å². The number of nitrogens with two attached hydrogens (primary N) is 1. The van der Waals surface area contributed by atoms with Crippen molar-refractivity contribution >= 4 is 33.1 Å². The number of aromatic nitrogens is 2. The molecule has 3 rings (SSSR count). The van der Waals surface area contributed by atoms with Crippen molar-refractivity contribution in [1.82, 2.24) is 20.0 Å². The number of nitrogens with one attached hydrogen (secondary N) is 1. The molecule has 1 fully saturated rings. The standard InChI is InChI=1S/C14H21N5OS/c1-8-10-11(15)12(21-14(10)19(3)17-8)13(20)16-6-7-18(2)9-4-5-9/h9H,4-7,15H2,1-3H3,(H,16,20). The highest BCUT2D eigenvalue weighted by atomic mass is 32.1. The molecule has 0 radical (unpaired) electrons. The maximum atomic E-state index is 12.3. The molecule has 0 aliphatic heterocycles.